The minimum atomic E-state index is -0.685. The molecule has 32 heavy (non-hydrogen) atoms. The lowest BCUT2D eigenvalue weighted by Crippen LogP contribution is -2.32. The monoisotopic (exact) mass is 456 g/mol. The number of aliphatic hydroxyl groups excluding tert-OH is 1. The summed E-state index contributed by atoms with van der Waals surface area (Å²) in [6.07, 6.45) is 0.720. The van der Waals surface area contributed by atoms with Gasteiger partial charge in [0.05, 0.1) is 17.7 Å². The number of rotatable bonds is 8. The number of benzene rings is 2. The van der Waals surface area contributed by atoms with Crippen molar-refractivity contribution in [1.82, 2.24) is 9.80 Å². The highest BCUT2D eigenvalue weighted by atomic mass is 35.5. The second-order valence-corrected chi connectivity index (χ2v) is 8.83. The van der Waals surface area contributed by atoms with Gasteiger partial charge in [-0.1, -0.05) is 23.7 Å². The Hall–Kier alpha value is -2.83. The van der Waals surface area contributed by atoms with Crippen LogP contribution in [0.1, 0.15) is 37.4 Å². The predicted octanol–water partition coefficient (Wildman–Crippen LogP) is 4.50. The second-order valence-electron chi connectivity index (χ2n) is 8.39. The van der Waals surface area contributed by atoms with Crippen molar-refractivity contribution in [3.05, 3.63) is 70.3 Å². The molecule has 1 heterocycles. The number of amides is 1. The lowest BCUT2D eigenvalue weighted by molar-refractivity contribution is -0.139. The van der Waals surface area contributed by atoms with E-state index in [4.69, 9.17) is 16.3 Å². The van der Waals surface area contributed by atoms with Gasteiger partial charge in [-0.05, 0) is 82.9 Å². The molecule has 0 aromatic heterocycles. The molecule has 1 N–H and O–H groups in total. The third-order valence-electron chi connectivity index (χ3n) is 5.23. The number of ketones is 1. The number of aliphatic hydroxyl groups is 1. The van der Waals surface area contributed by atoms with E-state index in [2.05, 4.69) is 0 Å². The number of hydrogen-bond acceptors (Lipinski definition) is 5. The van der Waals surface area contributed by atoms with E-state index < -0.39 is 17.7 Å². The zero-order valence-electron chi connectivity index (χ0n) is 18.8. The Morgan fingerprint density at radius 3 is 2.28 bits per heavy atom. The molecule has 2 aromatic carbocycles. The molecule has 1 saturated heterocycles. The first kappa shape index (κ1) is 23.8. The van der Waals surface area contributed by atoms with Gasteiger partial charge in [0.25, 0.3) is 11.7 Å². The van der Waals surface area contributed by atoms with Crippen LogP contribution in [0.3, 0.4) is 0 Å². The molecule has 0 aliphatic carbocycles. The SMILES string of the molecule is CC(C)Oc1ccc(/C(O)=C2/C(=O)C(=O)N(CCCN(C)C)C2c2ccc(Cl)cc2)cc1. The fraction of sp³-hybridized carbons (Fsp3) is 0.360. The molecule has 1 fully saturated rings. The molecule has 0 saturated carbocycles. The standard InChI is InChI=1S/C25H29ClN2O4/c1-16(2)32-20-12-8-18(9-13-20)23(29)21-22(17-6-10-19(26)11-7-17)28(25(31)24(21)30)15-5-14-27(3)4/h6-13,16,22,29H,5,14-15H2,1-4H3/b23-21-. The second kappa shape index (κ2) is 10.2. The Kier molecular flexibility index (Phi) is 7.59. The maximum absolute atomic E-state index is 13.0. The highest BCUT2D eigenvalue weighted by molar-refractivity contribution is 6.46. The summed E-state index contributed by atoms with van der Waals surface area (Å²) in [6.45, 7) is 5.02. The first-order valence-electron chi connectivity index (χ1n) is 10.6. The number of halogens is 1. The minimum Gasteiger partial charge on any atom is -0.507 e. The van der Waals surface area contributed by atoms with Gasteiger partial charge in [-0.2, -0.15) is 0 Å². The summed E-state index contributed by atoms with van der Waals surface area (Å²) in [5, 5.41) is 11.7. The average molecular weight is 457 g/mol. The molecule has 1 atom stereocenters. The normalized spacial score (nSPS) is 18.1. The summed E-state index contributed by atoms with van der Waals surface area (Å²) in [5.41, 5.74) is 1.26. The van der Waals surface area contributed by atoms with Crippen molar-refractivity contribution < 1.29 is 19.4 Å². The molecule has 1 aliphatic rings. The Morgan fingerprint density at radius 1 is 1.09 bits per heavy atom. The number of hydrogen-bond donors (Lipinski definition) is 1. The quantitative estimate of drug-likeness (QED) is 0.360. The van der Waals surface area contributed by atoms with Crippen LogP contribution >= 0.6 is 11.6 Å². The fourth-order valence-corrected chi connectivity index (χ4v) is 3.90. The van der Waals surface area contributed by atoms with E-state index in [1.54, 1.807) is 48.5 Å². The van der Waals surface area contributed by atoms with Gasteiger partial charge in [-0.3, -0.25) is 9.59 Å². The Bertz CT molecular complexity index is 998. The van der Waals surface area contributed by atoms with E-state index in [9.17, 15) is 14.7 Å². The van der Waals surface area contributed by atoms with Gasteiger partial charge in [-0.15, -0.1) is 0 Å². The van der Waals surface area contributed by atoms with Crippen LogP contribution in [-0.2, 0) is 9.59 Å². The molecular weight excluding hydrogens is 428 g/mol. The molecule has 3 rings (SSSR count). The molecule has 7 heteroatoms. The first-order chi connectivity index (χ1) is 15.2. The average Bonchev–Trinajstić information content (AvgIpc) is 2.99. The maximum atomic E-state index is 13.0. The fourth-order valence-electron chi connectivity index (χ4n) is 3.78. The number of ether oxygens (including phenoxy) is 1. The van der Waals surface area contributed by atoms with Crippen LogP contribution in [0.4, 0.5) is 0 Å². The van der Waals surface area contributed by atoms with E-state index in [1.807, 2.05) is 32.8 Å². The van der Waals surface area contributed by atoms with Crippen molar-refractivity contribution in [2.75, 3.05) is 27.2 Å². The summed E-state index contributed by atoms with van der Waals surface area (Å²) >= 11 is 6.05. The molecule has 0 spiro atoms. The number of nitrogens with zero attached hydrogens (tertiary/aromatic N) is 2. The Balaban J connectivity index is 2.03. The summed E-state index contributed by atoms with van der Waals surface area (Å²) in [7, 11) is 3.91. The number of carbonyl (C=O) groups is 2. The zero-order chi connectivity index (χ0) is 23.4. The van der Waals surface area contributed by atoms with Crippen LogP contribution in [0, 0.1) is 0 Å². The Labute approximate surface area is 194 Å². The van der Waals surface area contributed by atoms with Crippen LogP contribution in [0.2, 0.25) is 5.02 Å². The van der Waals surface area contributed by atoms with Crippen LogP contribution in [0.5, 0.6) is 5.75 Å². The third kappa shape index (κ3) is 5.31. The molecule has 6 nitrogen and oxygen atoms in total. The highest BCUT2D eigenvalue weighted by Gasteiger charge is 2.45. The molecule has 1 amide bonds. The molecular formula is C25H29ClN2O4. The van der Waals surface area contributed by atoms with Crippen molar-refractivity contribution in [1.29, 1.82) is 0 Å². The molecule has 0 radical (unpaired) electrons. The topological polar surface area (TPSA) is 70.1 Å². The smallest absolute Gasteiger partial charge is 0.295 e. The van der Waals surface area contributed by atoms with Gasteiger partial charge in [0.15, 0.2) is 0 Å². The predicted molar refractivity (Wildman–Crippen MR) is 126 cm³/mol. The van der Waals surface area contributed by atoms with Crippen LogP contribution in [0.25, 0.3) is 5.76 Å². The van der Waals surface area contributed by atoms with E-state index in [1.165, 1.54) is 4.90 Å². The van der Waals surface area contributed by atoms with Gasteiger partial charge in [-0.25, -0.2) is 0 Å². The van der Waals surface area contributed by atoms with Crippen molar-refractivity contribution in [2.24, 2.45) is 0 Å². The van der Waals surface area contributed by atoms with Crippen molar-refractivity contribution in [3.8, 4) is 5.75 Å². The summed E-state index contributed by atoms with van der Waals surface area (Å²) < 4.78 is 5.65. The molecule has 1 aliphatic heterocycles. The van der Waals surface area contributed by atoms with Crippen molar-refractivity contribution in [3.63, 3.8) is 0 Å². The third-order valence-corrected chi connectivity index (χ3v) is 5.48. The van der Waals surface area contributed by atoms with Crippen LogP contribution < -0.4 is 4.74 Å². The first-order valence-corrected chi connectivity index (χ1v) is 11.0. The van der Waals surface area contributed by atoms with Crippen LogP contribution in [0.15, 0.2) is 54.1 Å². The van der Waals surface area contributed by atoms with Gasteiger partial charge in [0, 0.05) is 17.1 Å². The summed E-state index contributed by atoms with van der Waals surface area (Å²) in [5.74, 6) is -0.829. The van der Waals surface area contributed by atoms with E-state index >= 15 is 0 Å². The number of Topliss-reactive ketones (excluding diaryl/α,β-unsaturated/α-hetero) is 1. The minimum absolute atomic E-state index is 0.0202. The van der Waals surface area contributed by atoms with Crippen molar-refractivity contribution >= 4 is 29.1 Å². The van der Waals surface area contributed by atoms with E-state index in [0.29, 0.717) is 29.3 Å². The van der Waals surface area contributed by atoms with Gasteiger partial charge >= 0.3 is 0 Å². The molecule has 0 bridgehead atoms. The summed E-state index contributed by atoms with van der Waals surface area (Å²) in [4.78, 5) is 29.5. The highest BCUT2D eigenvalue weighted by Crippen LogP contribution is 2.39. The Morgan fingerprint density at radius 2 is 1.72 bits per heavy atom. The van der Waals surface area contributed by atoms with E-state index in [-0.39, 0.29) is 17.4 Å². The van der Waals surface area contributed by atoms with E-state index in [0.717, 1.165) is 12.1 Å². The van der Waals surface area contributed by atoms with Gasteiger partial charge < -0.3 is 19.6 Å². The maximum Gasteiger partial charge on any atom is 0.295 e. The van der Waals surface area contributed by atoms with Gasteiger partial charge in [0.2, 0.25) is 0 Å². The number of likely N-dealkylation sites (tertiary alicyclic amines) is 1. The molecule has 170 valence electrons. The van der Waals surface area contributed by atoms with Crippen molar-refractivity contribution in [2.45, 2.75) is 32.4 Å². The molecule has 2 aromatic rings. The lowest BCUT2D eigenvalue weighted by Gasteiger charge is -2.26. The van der Waals surface area contributed by atoms with Crippen LogP contribution in [-0.4, -0.2) is 59.9 Å². The zero-order valence-corrected chi connectivity index (χ0v) is 19.6. The van der Waals surface area contributed by atoms with Gasteiger partial charge in [0.1, 0.15) is 11.5 Å². The number of carbonyl (C=O) groups excluding carboxylic acids is 2. The lowest BCUT2D eigenvalue weighted by atomic mass is 9.95. The summed E-state index contributed by atoms with van der Waals surface area (Å²) in [6, 6.07) is 13.2. The molecule has 1 unspecified atom stereocenters. The largest absolute Gasteiger partial charge is 0.507 e.